The zero-order chi connectivity index (χ0) is 17.5. The molecule has 1 amide bonds. The van der Waals surface area contributed by atoms with E-state index in [1.54, 1.807) is 0 Å². The van der Waals surface area contributed by atoms with E-state index < -0.39 is 0 Å². The largest absolute Gasteiger partial charge is 0.357 e. The van der Waals surface area contributed by atoms with E-state index in [9.17, 15) is 4.79 Å². The van der Waals surface area contributed by atoms with E-state index in [0.717, 1.165) is 24.5 Å². The lowest BCUT2D eigenvalue weighted by atomic mass is 10.1. The van der Waals surface area contributed by atoms with Crippen LogP contribution in [0.1, 0.15) is 31.4 Å². The molecule has 8 nitrogen and oxygen atoms in total. The van der Waals surface area contributed by atoms with Crippen LogP contribution in [0.15, 0.2) is 17.4 Å². The van der Waals surface area contributed by atoms with Crippen molar-refractivity contribution < 1.29 is 4.79 Å². The molecule has 134 valence electrons. The molecule has 1 aliphatic heterocycles. The van der Waals surface area contributed by atoms with Crippen molar-refractivity contribution >= 4 is 11.9 Å². The Morgan fingerprint density at radius 3 is 2.92 bits per heavy atom. The molecule has 2 atom stereocenters. The Hall–Kier alpha value is -2.09. The summed E-state index contributed by atoms with van der Waals surface area (Å²) in [5.74, 6) is 0.911. The number of piperidine rings is 1. The quantitative estimate of drug-likeness (QED) is 0.497. The molecular formula is C16H29N7O. The van der Waals surface area contributed by atoms with Gasteiger partial charge < -0.3 is 20.9 Å². The minimum Gasteiger partial charge on any atom is -0.357 e. The number of nitrogens with one attached hydrogen (secondary N) is 3. The van der Waals surface area contributed by atoms with Crippen LogP contribution in [0.25, 0.3) is 0 Å². The molecular weight excluding hydrogens is 306 g/mol. The summed E-state index contributed by atoms with van der Waals surface area (Å²) in [4.78, 5) is 18.2. The number of aliphatic imine (C=N–C) groups is 1. The lowest BCUT2D eigenvalue weighted by Gasteiger charge is -2.26. The first-order valence-electron chi connectivity index (χ1n) is 8.46. The molecule has 1 saturated heterocycles. The van der Waals surface area contributed by atoms with Gasteiger partial charge in [-0.05, 0) is 27.4 Å². The van der Waals surface area contributed by atoms with Gasteiger partial charge in [0.25, 0.3) is 0 Å². The normalized spacial score (nSPS) is 20.0. The topological polar surface area (TPSA) is 86.6 Å². The highest BCUT2D eigenvalue weighted by atomic mass is 16.1. The summed E-state index contributed by atoms with van der Waals surface area (Å²) in [6, 6.07) is 0.386. The molecule has 1 aromatic rings. The van der Waals surface area contributed by atoms with Gasteiger partial charge in [-0.1, -0.05) is 0 Å². The fourth-order valence-electron chi connectivity index (χ4n) is 2.73. The van der Waals surface area contributed by atoms with Gasteiger partial charge in [0.2, 0.25) is 5.91 Å². The molecule has 0 saturated carbocycles. The van der Waals surface area contributed by atoms with Gasteiger partial charge in [-0.15, -0.1) is 0 Å². The predicted molar refractivity (Wildman–Crippen MR) is 94.8 cm³/mol. The summed E-state index contributed by atoms with van der Waals surface area (Å²) in [6.45, 7) is 4.12. The number of aryl methyl sites for hydroxylation is 1. The Bertz CT molecular complexity index is 557. The Balaban J connectivity index is 2.01. The zero-order valence-electron chi connectivity index (χ0n) is 15.0. The number of guanidine groups is 1. The van der Waals surface area contributed by atoms with Crippen molar-refractivity contribution in [1.82, 2.24) is 30.6 Å². The summed E-state index contributed by atoms with van der Waals surface area (Å²) < 4.78 is 1.81. The smallest absolute Gasteiger partial charge is 0.220 e. The van der Waals surface area contributed by atoms with E-state index in [-0.39, 0.29) is 18.0 Å². The van der Waals surface area contributed by atoms with Gasteiger partial charge in [0.15, 0.2) is 5.96 Å². The van der Waals surface area contributed by atoms with Crippen molar-refractivity contribution in [2.24, 2.45) is 12.0 Å². The maximum Gasteiger partial charge on any atom is 0.220 e. The van der Waals surface area contributed by atoms with Crippen molar-refractivity contribution in [1.29, 1.82) is 0 Å². The average molecular weight is 335 g/mol. The molecule has 2 rings (SSSR count). The number of nitrogens with zero attached hydrogens (tertiary/aromatic N) is 4. The summed E-state index contributed by atoms with van der Waals surface area (Å²) in [7, 11) is 6.01. The molecule has 1 fully saturated rings. The second kappa shape index (κ2) is 8.68. The molecule has 1 aliphatic rings. The zero-order valence-corrected chi connectivity index (χ0v) is 15.0. The molecule has 3 N–H and O–H groups in total. The number of carbonyl (C=O) groups is 1. The first kappa shape index (κ1) is 18.3. The van der Waals surface area contributed by atoms with E-state index in [2.05, 4.69) is 25.9 Å². The summed E-state index contributed by atoms with van der Waals surface area (Å²) in [5.41, 5.74) is 1.15. The first-order valence-corrected chi connectivity index (χ1v) is 8.46. The van der Waals surface area contributed by atoms with Crippen LogP contribution in [-0.4, -0.2) is 66.3 Å². The van der Waals surface area contributed by atoms with Crippen LogP contribution in [0, 0.1) is 0 Å². The molecule has 0 aliphatic carbocycles. The van der Waals surface area contributed by atoms with Crippen LogP contribution < -0.4 is 16.0 Å². The van der Waals surface area contributed by atoms with Crippen LogP contribution in [0.3, 0.4) is 0 Å². The van der Waals surface area contributed by atoms with Gasteiger partial charge in [0.1, 0.15) is 0 Å². The van der Waals surface area contributed by atoms with E-state index in [0.29, 0.717) is 19.5 Å². The summed E-state index contributed by atoms with van der Waals surface area (Å²) >= 11 is 0. The highest BCUT2D eigenvalue weighted by Crippen LogP contribution is 2.17. The van der Waals surface area contributed by atoms with Crippen molar-refractivity contribution in [3.63, 3.8) is 0 Å². The number of hydrogen-bond acceptors (Lipinski definition) is 4. The van der Waals surface area contributed by atoms with Crippen LogP contribution in [-0.2, 0) is 11.8 Å². The molecule has 2 unspecified atom stereocenters. The first-order chi connectivity index (χ1) is 11.5. The fourth-order valence-corrected chi connectivity index (χ4v) is 2.73. The molecule has 0 bridgehead atoms. The summed E-state index contributed by atoms with van der Waals surface area (Å²) in [6.07, 6.45) is 5.30. The molecule has 0 radical (unpaired) electrons. The van der Waals surface area contributed by atoms with Crippen LogP contribution in [0.4, 0.5) is 0 Å². The monoisotopic (exact) mass is 335 g/mol. The van der Waals surface area contributed by atoms with Crippen molar-refractivity contribution in [3.05, 3.63) is 18.0 Å². The number of carbonyl (C=O) groups excluding carboxylic acids is 1. The molecule has 1 aromatic heterocycles. The van der Waals surface area contributed by atoms with E-state index >= 15 is 0 Å². The van der Waals surface area contributed by atoms with Gasteiger partial charge in [-0.25, -0.2) is 0 Å². The fraction of sp³-hybridized carbons (Fsp3) is 0.688. The van der Waals surface area contributed by atoms with Crippen LogP contribution >= 0.6 is 0 Å². The van der Waals surface area contributed by atoms with Crippen LogP contribution in [0.5, 0.6) is 0 Å². The number of aromatic nitrogens is 2. The standard InChI is InChI=1S/C16H29N7O/c1-5-17-16(21-13-6-7-15(24)18-9-13)19-10-14(22(2)3)12-8-20-23(4)11-12/h8,11,13-14H,5-7,9-10H2,1-4H3,(H,18,24)(H2,17,19,21). The second-order valence-corrected chi connectivity index (χ2v) is 6.33. The Morgan fingerprint density at radius 1 is 1.58 bits per heavy atom. The van der Waals surface area contributed by atoms with Crippen molar-refractivity contribution in [2.45, 2.75) is 31.8 Å². The third-order valence-electron chi connectivity index (χ3n) is 4.11. The Labute approximate surface area is 143 Å². The number of amides is 1. The predicted octanol–water partition coefficient (Wildman–Crippen LogP) is -0.143. The lowest BCUT2D eigenvalue weighted by Crippen LogP contribution is -2.51. The number of rotatable bonds is 6. The highest BCUT2D eigenvalue weighted by molar-refractivity contribution is 5.81. The molecule has 24 heavy (non-hydrogen) atoms. The van der Waals surface area contributed by atoms with Gasteiger partial charge in [-0.3, -0.25) is 14.5 Å². The molecule has 8 heteroatoms. The third kappa shape index (κ3) is 5.23. The van der Waals surface area contributed by atoms with E-state index in [1.165, 1.54) is 0 Å². The Morgan fingerprint density at radius 2 is 2.38 bits per heavy atom. The van der Waals surface area contributed by atoms with Gasteiger partial charge in [-0.2, -0.15) is 5.10 Å². The van der Waals surface area contributed by atoms with E-state index in [1.807, 2.05) is 45.1 Å². The van der Waals surface area contributed by atoms with Crippen molar-refractivity contribution in [3.8, 4) is 0 Å². The maximum absolute atomic E-state index is 11.3. The second-order valence-electron chi connectivity index (χ2n) is 6.33. The minimum atomic E-state index is 0.124. The highest BCUT2D eigenvalue weighted by Gasteiger charge is 2.20. The van der Waals surface area contributed by atoms with Gasteiger partial charge >= 0.3 is 0 Å². The SMILES string of the molecule is CCNC(=NCC(c1cnn(C)c1)N(C)C)NC1CCC(=O)NC1. The average Bonchev–Trinajstić information content (AvgIpc) is 2.95. The summed E-state index contributed by atoms with van der Waals surface area (Å²) in [5, 5.41) is 13.8. The van der Waals surface area contributed by atoms with Crippen LogP contribution in [0.2, 0.25) is 0 Å². The van der Waals surface area contributed by atoms with Gasteiger partial charge in [0.05, 0.1) is 18.8 Å². The Kier molecular flexibility index (Phi) is 6.60. The minimum absolute atomic E-state index is 0.124. The number of likely N-dealkylation sites (N-methyl/N-ethyl adjacent to an activating group) is 1. The van der Waals surface area contributed by atoms with Gasteiger partial charge in [0, 0.05) is 44.4 Å². The molecule has 0 aromatic carbocycles. The number of hydrogen-bond donors (Lipinski definition) is 3. The lowest BCUT2D eigenvalue weighted by molar-refractivity contribution is -0.122. The third-order valence-corrected chi connectivity index (χ3v) is 4.11. The maximum atomic E-state index is 11.3. The molecule has 0 spiro atoms. The molecule has 2 heterocycles. The van der Waals surface area contributed by atoms with Crippen molar-refractivity contribution in [2.75, 3.05) is 33.7 Å². The van der Waals surface area contributed by atoms with E-state index in [4.69, 9.17) is 4.99 Å².